The Labute approximate surface area is 82.5 Å². The second-order valence-corrected chi connectivity index (χ2v) is 3.14. The van der Waals surface area contributed by atoms with Gasteiger partial charge in [-0.2, -0.15) is 0 Å². The third-order valence-corrected chi connectivity index (χ3v) is 1.98. The lowest BCUT2D eigenvalue weighted by atomic mass is 10.1. The van der Waals surface area contributed by atoms with Gasteiger partial charge in [0.25, 0.3) is 0 Å². The van der Waals surface area contributed by atoms with E-state index in [-0.39, 0.29) is 0 Å². The molecule has 0 unspecified atom stereocenters. The summed E-state index contributed by atoms with van der Waals surface area (Å²) in [6.07, 6.45) is 10.8. The van der Waals surface area contributed by atoms with Gasteiger partial charge in [-0.15, -0.1) is 0 Å². The van der Waals surface area contributed by atoms with Crippen molar-refractivity contribution in [3.05, 3.63) is 24.0 Å². The monoisotopic (exact) mass is 182 g/mol. The standard InChI is InChI=1S/C12H22O/c1-4-7-9-12(6-3)11-13-10-8-5-2/h5,8,11H,4,6-7,9-10H2,1-3H3. The van der Waals surface area contributed by atoms with Gasteiger partial charge in [-0.3, -0.25) is 0 Å². The van der Waals surface area contributed by atoms with E-state index >= 15 is 0 Å². The van der Waals surface area contributed by atoms with E-state index < -0.39 is 0 Å². The van der Waals surface area contributed by atoms with Crippen LogP contribution in [-0.4, -0.2) is 6.61 Å². The molecule has 0 saturated heterocycles. The quantitative estimate of drug-likeness (QED) is 0.328. The van der Waals surface area contributed by atoms with Crippen molar-refractivity contribution in [2.24, 2.45) is 0 Å². The van der Waals surface area contributed by atoms with Gasteiger partial charge in [-0.25, -0.2) is 0 Å². The van der Waals surface area contributed by atoms with Gasteiger partial charge < -0.3 is 4.74 Å². The normalized spacial score (nSPS) is 12.4. The van der Waals surface area contributed by atoms with Crippen LogP contribution < -0.4 is 0 Å². The van der Waals surface area contributed by atoms with Crippen molar-refractivity contribution >= 4 is 0 Å². The summed E-state index contributed by atoms with van der Waals surface area (Å²) in [4.78, 5) is 0. The Balaban J connectivity index is 3.64. The molecule has 0 rings (SSSR count). The molecule has 0 aliphatic rings. The predicted octanol–water partition coefficient (Wildman–Crippen LogP) is 4.06. The Hall–Kier alpha value is -0.720. The van der Waals surface area contributed by atoms with E-state index in [1.807, 2.05) is 25.3 Å². The fourth-order valence-electron chi connectivity index (χ4n) is 1.04. The molecule has 0 aliphatic carbocycles. The number of hydrogen-bond donors (Lipinski definition) is 0. The average Bonchev–Trinajstić information content (AvgIpc) is 2.17. The minimum Gasteiger partial charge on any atom is -0.497 e. The molecule has 0 amide bonds. The van der Waals surface area contributed by atoms with Gasteiger partial charge in [0.15, 0.2) is 0 Å². The van der Waals surface area contributed by atoms with Crippen molar-refractivity contribution < 1.29 is 4.74 Å². The summed E-state index contributed by atoms with van der Waals surface area (Å²) in [5.41, 5.74) is 1.42. The van der Waals surface area contributed by atoms with Gasteiger partial charge in [0.2, 0.25) is 0 Å². The van der Waals surface area contributed by atoms with E-state index in [2.05, 4.69) is 13.8 Å². The first-order valence-corrected chi connectivity index (χ1v) is 5.25. The first kappa shape index (κ1) is 12.3. The minimum absolute atomic E-state index is 0.701. The second-order valence-electron chi connectivity index (χ2n) is 3.14. The Bertz CT molecular complexity index is 157. The number of rotatable bonds is 7. The SMILES string of the molecule is CC=CCOC=C(CC)CCCC. The van der Waals surface area contributed by atoms with Gasteiger partial charge >= 0.3 is 0 Å². The highest BCUT2D eigenvalue weighted by atomic mass is 16.5. The topological polar surface area (TPSA) is 9.23 Å². The summed E-state index contributed by atoms with van der Waals surface area (Å²) in [6, 6.07) is 0. The highest BCUT2D eigenvalue weighted by molar-refractivity contribution is 4.97. The zero-order valence-electron chi connectivity index (χ0n) is 9.18. The Morgan fingerprint density at radius 2 is 2.08 bits per heavy atom. The largest absolute Gasteiger partial charge is 0.497 e. The molecule has 0 saturated carbocycles. The summed E-state index contributed by atoms with van der Waals surface area (Å²) in [5.74, 6) is 0. The second kappa shape index (κ2) is 9.37. The lowest BCUT2D eigenvalue weighted by Gasteiger charge is -2.03. The maximum atomic E-state index is 5.38. The van der Waals surface area contributed by atoms with Gasteiger partial charge in [-0.05, 0) is 31.8 Å². The zero-order chi connectivity index (χ0) is 9.94. The maximum absolute atomic E-state index is 5.38. The molecule has 0 aromatic carbocycles. The highest BCUT2D eigenvalue weighted by Gasteiger charge is 1.93. The Morgan fingerprint density at radius 1 is 1.31 bits per heavy atom. The van der Waals surface area contributed by atoms with Gasteiger partial charge in [0.1, 0.15) is 6.61 Å². The summed E-state index contributed by atoms with van der Waals surface area (Å²) in [6.45, 7) is 7.10. The molecule has 13 heavy (non-hydrogen) atoms. The molecule has 1 heteroatoms. The Kier molecular flexibility index (Phi) is 8.85. The van der Waals surface area contributed by atoms with Crippen molar-refractivity contribution in [3.63, 3.8) is 0 Å². The molecule has 0 N–H and O–H groups in total. The van der Waals surface area contributed by atoms with Gasteiger partial charge in [0.05, 0.1) is 6.26 Å². The smallest absolute Gasteiger partial charge is 0.105 e. The van der Waals surface area contributed by atoms with Crippen LogP contribution in [-0.2, 0) is 4.74 Å². The van der Waals surface area contributed by atoms with E-state index in [0.717, 1.165) is 6.42 Å². The van der Waals surface area contributed by atoms with Crippen molar-refractivity contribution in [2.45, 2.75) is 46.5 Å². The van der Waals surface area contributed by atoms with Crippen molar-refractivity contribution in [1.82, 2.24) is 0 Å². The first-order chi connectivity index (χ1) is 6.35. The molecular weight excluding hydrogens is 160 g/mol. The van der Waals surface area contributed by atoms with Crippen LogP contribution in [0.4, 0.5) is 0 Å². The van der Waals surface area contributed by atoms with Crippen LogP contribution in [0.5, 0.6) is 0 Å². The van der Waals surface area contributed by atoms with Crippen LogP contribution in [0.2, 0.25) is 0 Å². The lowest BCUT2D eigenvalue weighted by Crippen LogP contribution is -1.87. The van der Waals surface area contributed by atoms with E-state index in [0.29, 0.717) is 6.61 Å². The maximum Gasteiger partial charge on any atom is 0.105 e. The van der Waals surface area contributed by atoms with Gasteiger partial charge in [0, 0.05) is 0 Å². The van der Waals surface area contributed by atoms with Crippen LogP contribution in [0.3, 0.4) is 0 Å². The van der Waals surface area contributed by atoms with E-state index in [9.17, 15) is 0 Å². The number of unbranched alkanes of at least 4 members (excludes halogenated alkanes) is 1. The molecule has 0 heterocycles. The number of hydrogen-bond acceptors (Lipinski definition) is 1. The van der Waals surface area contributed by atoms with E-state index in [1.165, 1.54) is 24.8 Å². The van der Waals surface area contributed by atoms with Crippen molar-refractivity contribution in [2.75, 3.05) is 6.61 Å². The molecule has 0 atom stereocenters. The molecule has 0 radical (unpaired) electrons. The van der Waals surface area contributed by atoms with Crippen molar-refractivity contribution in [1.29, 1.82) is 0 Å². The average molecular weight is 182 g/mol. The lowest BCUT2D eigenvalue weighted by molar-refractivity contribution is 0.284. The van der Waals surface area contributed by atoms with Crippen LogP contribution in [0.1, 0.15) is 46.5 Å². The first-order valence-electron chi connectivity index (χ1n) is 5.25. The van der Waals surface area contributed by atoms with Crippen LogP contribution in [0.25, 0.3) is 0 Å². The molecular formula is C12H22O. The van der Waals surface area contributed by atoms with Gasteiger partial charge in [-0.1, -0.05) is 32.4 Å². The fourth-order valence-corrected chi connectivity index (χ4v) is 1.04. The molecule has 0 aliphatic heterocycles. The van der Waals surface area contributed by atoms with Crippen LogP contribution in [0.15, 0.2) is 24.0 Å². The fraction of sp³-hybridized carbons (Fsp3) is 0.667. The van der Waals surface area contributed by atoms with Crippen LogP contribution >= 0.6 is 0 Å². The number of ether oxygens (including phenoxy) is 1. The minimum atomic E-state index is 0.701. The summed E-state index contributed by atoms with van der Waals surface area (Å²) < 4.78 is 5.38. The molecule has 0 fully saturated rings. The third kappa shape index (κ3) is 7.63. The highest BCUT2D eigenvalue weighted by Crippen LogP contribution is 2.10. The van der Waals surface area contributed by atoms with Crippen molar-refractivity contribution in [3.8, 4) is 0 Å². The van der Waals surface area contributed by atoms with E-state index in [4.69, 9.17) is 4.74 Å². The molecule has 0 spiro atoms. The molecule has 0 bridgehead atoms. The van der Waals surface area contributed by atoms with E-state index in [1.54, 1.807) is 0 Å². The zero-order valence-corrected chi connectivity index (χ0v) is 9.18. The predicted molar refractivity (Wildman–Crippen MR) is 58.7 cm³/mol. The summed E-state index contributed by atoms with van der Waals surface area (Å²) in [5, 5.41) is 0. The third-order valence-electron chi connectivity index (χ3n) is 1.98. The molecule has 0 aromatic heterocycles. The Morgan fingerprint density at radius 3 is 2.62 bits per heavy atom. The number of allylic oxidation sites excluding steroid dienone is 2. The molecule has 1 nitrogen and oxygen atoms in total. The summed E-state index contributed by atoms with van der Waals surface area (Å²) in [7, 11) is 0. The summed E-state index contributed by atoms with van der Waals surface area (Å²) >= 11 is 0. The van der Waals surface area contributed by atoms with Crippen LogP contribution in [0, 0.1) is 0 Å². The molecule has 76 valence electrons. The molecule has 0 aromatic rings.